The van der Waals surface area contributed by atoms with Crippen LogP contribution in [0, 0.1) is 28.4 Å². The van der Waals surface area contributed by atoms with Crippen molar-refractivity contribution in [2.24, 2.45) is 10.2 Å². The number of hydrogen-bond acceptors (Lipinski definition) is 7. The molecule has 0 unspecified atom stereocenters. The molecule has 1 aromatic heterocycles. The molecule has 12 heteroatoms. The van der Waals surface area contributed by atoms with Crippen molar-refractivity contribution in [3.8, 4) is 11.9 Å². The van der Waals surface area contributed by atoms with Gasteiger partial charge in [-0.15, -0.1) is 5.11 Å². The predicted molar refractivity (Wildman–Crippen MR) is 114 cm³/mol. The second-order valence-corrected chi connectivity index (χ2v) is 7.13. The Morgan fingerprint density at radius 1 is 1.18 bits per heavy atom. The van der Waals surface area contributed by atoms with Crippen LogP contribution < -0.4 is 5.56 Å². The van der Waals surface area contributed by atoms with Crippen LogP contribution in [0.15, 0.2) is 63.6 Å². The molecular formula is C22H16F3N5O4. The van der Waals surface area contributed by atoms with Crippen LogP contribution in [0.4, 0.5) is 30.2 Å². The highest BCUT2D eigenvalue weighted by Gasteiger charge is 2.38. The molecule has 0 fully saturated rings. The lowest BCUT2D eigenvalue weighted by molar-refractivity contribution is -0.388. The molecule has 9 nitrogen and oxygen atoms in total. The Balaban J connectivity index is 2.05. The molecule has 3 rings (SSSR count). The predicted octanol–water partition coefficient (Wildman–Crippen LogP) is 5.32. The summed E-state index contributed by atoms with van der Waals surface area (Å²) in [4.78, 5) is 22.7. The van der Waals surface area contributed by atoms with Crippen molar-refractivity contribution in [2.45, 2.75) is 26.1 Å². The van der Waals surface area contributed by atoms with Crippen LogP contribution in [0.3, 0.4) is 0 Å². The second-order valence-electron chi connectivity index (χ2n) is 7.13. The summed E-state index contributed by atoms with van der Waals surface area (Å²) in [6.45, 7) is 1.34. The molecular weight excluding hydrogens is 455 g/mol. The Morgan fingerprint density at radius 2 is 1.85 bits per heavy atom. The topological polar surface area (TPSA) is 134 Å². The minimum absolute atomic E-state index is 0.00190. The minimum atomic E-state index is -5.01. The Morgan fingerprint density at radius 3 is 2.44 bits per heavy atom. The zero-order valence-electron chi connectivity index (χ0n) is 17.6. The molecule has 0 spiro atoms. The normalized spacial score (nSPS) is 11.5. The fraction of sp³-hybridized carbons (Fsp3) is 0.182. The van der Waals surface area contributed by atoms with Gasteiger partial charge < -0.3 is 5.11 Å². The largest absolute Gasteiger partial charge is 0.493 e. The van der Waals surface area contributed by atoms with Gasteiger partial charge in [-0.25, -0.2) is 0 Å². The quantitative estimate of drug-likeness (QED) is 0.295. The molecule has 34 heavy (non-hydrogen) atoms. The van der Waals surface area contributed by atoms with Crippen LogP contribution in [0.2, 0.25) is 0 Å². The molecule has 174 valence electrons. The fourth-order valence-electron chi connectivity index (χ4n) is 3.23. The molecule has 2 aromatic carbocycles. The molecule has 0 atom stereocenters. The smallest absolute Gasteiger partial charge is 0.423 e. The molecule has 0 radical (unpaired) electrons. The van der Waals surface area contributed by atoms with Gasteiger partial charge >= 0.3 is 6.18 Å². The summed E-state index contributed by atoms with van der Waals surface area (Å²) in [7, 11) is 0. The highest BCUT2D eigenvalue weighted by Crippen LogP contribution is 2.38. The maximum Gasteiger partial charge on any atom is 0.423 e. The lowest BCUT2D eigenvalue weighted by Crippen LogP contribution is -2.22. The van der Waals surface area contributed by atoms with Crippen LogP contribution in [0.1, 0.15) is 22.3 Å². The van der Waals surface area contributed by atoms with E-state index in [1.165, 1.54) is 6.92 Å². The third-order valence-corrected chi connectivity index (χ3v) is 4.98. The number of nitro groups is 1. The van der Waals surface area contributed by atoms with Gasteiger partial charge in [0.2, 0.25) is 5.88 Å². The van der Waals surface area contributed by atoms with E-state index in [1.807, 2.05) is 18.2 Å². The molecule has 0 aliphatic heterocycles. The first-order chi connectivity index (χ1) is 16.0. The average Bonchev–Trinajstić information content (AvgIpc) is 2.79. The first kappa shape index (κ1) is 24.1. The van der Waals surface area contributed by atoms with E-state index in [4.69, 9.17) is 0 Å². The number of aromatic hydroxyl groups is 1. The molecule has 0 aliphatic carbocycles. The summed E-state index contributed by atoms with van der Waals surface area (Å²) in [5.41, 5.74) is -3.60. The Kier molecular flexibility index (Phi) is 6.76. The van der Waals surface area contributed by atoms with Gasteiger partial charge in [-0.2, -0.15) is 23.5 Å². The summed E-state index contributed by atoms with van der Waals surface area (Å²) in [6, 6.07) is 12.9. The van der Waals surface area contributed by atoms with E-state index in [0.29, 0.717) is 18.6 Å². The number of benzene rings is 2. The van der Waals surface area contributed by atoms with Crippen LogP contribution in [0.25, 0.3) is 0 Å². The Bertz CT molecular complexity index is 1380. The van der Waals surface area contributed by atoms with Gasteiger partial charge in [-0.05, 0) is 31.0 Å². The molecule has 0 amide bonds. The first-order valence-corrected chi connectivity index (χ1v) is 9.72. The molecule has 0 bridgehead atoms. The lowest BCUT2D eigenvalue weighted by atomic mass is 10.1. The van der Waals surface area contributed by atoms with Crippen molar-refractivity contribution >= 4 is 17.1 Å². The van der Waals surface area contributed by atoms with E-state index in [2.05, 4.69) is 10.2 Å². The van der Waals surface area contributed by atoms with Crippen molar-refractivity contribution < 1.29 is 23.2 Å². The number of aromatic nitrogens is 1. The highest BCUT2D eigenvalue weighted by molar-refractivity contribution is 5.57. The molecule has 1 heterocycles. The second kappa shape index (κ2) is 9.53. The van der Waals surface area contributed by atoms with E-state index in [9.17, 15) is 38.4 Å². The SMILES string of the molecule is Cc1c(C#N)c(O)n(CCc2ccccc2)c(=O)c1N=Nc1ccc([N+](=O)[O-])c(C(F)(F)F)c1. The number of alkyl halides is 3. The van der Waals surface area contributed by atoms with E-state index in [0.717, 1.165) is 16.2 Å². The van der Waals surface area contributed by atoms with Crippen molar-refractivity contribution in [3.05, 3.63) is 91.3 Å². The summed E-state index contributed by atoms with van der Waals surface area (Å²) in [5.74, 6) is -0.561. The van der Waals surface area contributed by atoms with Gasteiger partial charge in [0.25, 0.3) is 11.2 Å². The maximum absolute atomic E-state index is 13.2. The average molecular weight is 471 g/mol. The summed E-state index contributed by atoms with van der Waals surface area (Å²) >= 11 is 0. The van der Waals surface area contributed by atoms with Crippen LogP contribution in [-0.4, -0.2) is 14.6 Å². The molecule has 1 N–H and O–H groups in total. The highest BCUT2D eigenvalue weighted by atomic mass is 19.4. The first-order valence-electron chi connectivity index (χ1n) is 9.72. The van der Waals surface area contributed by atoms with Gasteiger partial charge in [0, 0.05) is 18.2 Å². The number of hydrogen-bond donors (Lipinski definition) is 1. The molecule has 0 aliphatic rings. The maximum atomic E-state index is 13.2. The van der Waals surface area contributed by atoms with Crippen molar-refractivity contribution in [1.82, 2.24) is 4.57 Å². The van der Waals surface area contributed by atoms with E-state index < -0.39 is 33.8 Å². The molecule has 0 saturated heterocycles. The number of nitrogens with zero attached hydrogens (tertiary/aromatic N) is 5. The number of rotatable bonds is 6. The number of nitro benzene ring substituents is 1. The van der Waals surface area contributed by atoms with E-state index in [-0.39, 0.29) is 29.0 Å². The third kappa shape index (κ3) is 4.93. The number of nitriles is 1. The van der Waals surface area contributed by atoms with Crippen LogP contribution in [-0.2, 0) is 19.1 Å². The number of pyridine rings is 1. The van der Waals surface area contributed by atoms with Gasteiger partial charge in [0.1, 0.15) is 17.2 Å². The minimum Gasteiger partial charge on any atom is -0.493 e. The summed E-state index contributed by atoms with van der Waals surface area (Å²) in [6.07, 6.45) is -4.67. The zero-order valence-corrected chi connectivity index (χ0v) is 17.6. The number of aryl methyl sites for hydroxylation is 1. The molecule has 0 saturated carbocycles. The van der Waals surface area contributed by atoms with Crippen LogP contribution in [0.5, 0.6) is 5.88 Å². The Hall–Kier alpha value is -4.53. The standard InChI is InChI=1S/C22H16F3N5O4/c1-13-16(12-26)20(31)29(10-9-14-5-3-2-4-6-14)21(32)19(13)28-27-15-7-8-18(30(33)34)17(11-15)22(23,24)25/h2-8,11,31H,9-10H2,1H3. The molecule has 3 aromatic rings. The number of halogens is 3. The number of azo groups is 1. The van der Waals surface area contributed by atoms with Crippen molar-refractivity contribution in [3.63, 3.8) is 0 Å². The van der Waals surface area contributed by atoms with Crippen LogP contribution >= 0.6 is 0 Å². The van der Waals surface area contributed by atoms with Gasteiger partial charge in [-0.3, -0.25) is 19.5 Å². The summed E-state index contributed by atoms with van der Waals surface area (Å²) in [5, 5.41) is 38.1. The van der Waals surface area contributed by atoms with E-state index >= 15 is 0 Å². The van der Waals surface area contributed by atoms with Gasteiger partial charge in [-0.1, -0.05) is 30.3 Å². The van der Waals surface area contributed by atoms with Crippen molar-refractivity contribution in [2.75, 3.05) is 0 Å². The third-order valence-electron chi connectivity index (χ3n) is 4.98. The lowest BCUT2D eigenvalue weighted by Gasteiger charge is -2.13. The zero-order chi connectivity index (χ0) is 25.0. The van der Waals surface area contributed by atoms with E-state index in [1.54, 1.807) is 18.2 Å². The monoisotopic (exact) mass is 471 g/mol. The van der Waals surface area contributed by atoms with Crippen molar-refractivity contribution in [1.29, 1.82) is 5.26 Å². The fourth-order valence-corrected chi connectivity index (χ4v) is 3.23. The summed E-state index contributed by atoms with van der Waals surface area (Å²) < 4.78 is 40.6. The van der Waals surface area contributed by atoms with Gasteiger partial charge in [0.15, 0.2) is 5.69 Å². The Labute approximate surface area is 190 Å². The van der Waals surface area contributed by atoms with Gasteiger partial charge in [0.05, 0.1) is 10.6 Å².